The van der Waals surface area contributed by atoms with Gasteiger partial charge in [-0.1, -0.05) is 62.4 Å². The van der Waals surface area contributed by atoms with E-state index < -0.39 is 0 Å². The first kappa shape index (κ1) is 18.1. The molecule has 2 saturated heterocycles. The lowest BCUT2D eigenvalue weighted by atomic mass is 9.87. The number of hydrogen-bond acceptors (Lipinski definition) is 3. The van der Waals surface area contributed by atoms with Crippen LogP contribution in [-0.4, -0.2) is 55.2 Å². The maximum absolute atomic E-state index is 5.40. The largest absolute Gasteiger partial charge is 0.373 e. The molecule has 0 N–H and O–H groups in total. The summed E-state index contributed by atoms with van der Waals surface area (Å²) in [6.45, 7) is 11.7. The van der Waals surface area contributed by atoms with Crippen LogP contribution in [0.25, 0.3) is 0 Å². The Morgan fingerprint density at radius 1 is 0.828 bits per heavy atom. The number of epoxide rings is 1. The van der Waals surface area contributed by atoms with Crippen LogP contribution in [0.2, 0.25) is 0 Å². The number of benzene rings is 2. The molecule has 1 saturated carbocycles. The molecule has 2 heterocycles. The molecule has 0 aromatic heterocycles. The van der Waals surface area contributed by atoms with Crippen LogP contribution in [0.5, 0.6) is 0 Å². The van der Waals surface area contributed by atoms with Crippen LogP contribution in [0.4, 0.5) is 0 Å². The van der Waals surface area contributed by atoms with Crippen molar-refractivity contribution in [3.05, 3.63) is 70.8 Å². The van der Waals surface area contributed by atoms with Crippen molar-refractivity contribution in [2.24, 2.45) is 5.41 Å². The maximum atomic E-state index is 5.40. The second kappa shape index (κ2) is 6.66. The van der Waals surface area contributed by atoms with Crippen molar-refractivity contribution in [1.82, 2.24) is 9.80 Å². The molecule has 3 heteroatoms. The molecule has 0 amide bonds. The molecule has 4 aliphatic rings. The number of nitrogens with zero attached hydrogens (tertiary/aromatic N) is 2. The van der Waals surface area contributed by atoms with Crippen LogP contribution in [0.3, 0.4) is 0 Å². The molecule has 2 aliphatic heterocycles. The zero-order valence-electron chi connectivity index (χ0n) is 17.7. The lowest BCUT2D eigenvalue weighted by molar-refractivity contribution is 0.106. The van der Waals surface area contributed by atoms with Crippen molar-refractivity contribution in [3.8, 4) is 0 Å². The van der Waals surface area contributed by atoms with E-state index in [1.807, 2.05) is 0 Å². The zero-order valence-corrected chi connectivity index (χ0v) is 17.7. The molecule has 3 unspecified atom stereocenters. The Morgan fingerprint density at radius 3 is 1.86 bits per heavy atom. The first-order chi connectivity index (χ1) is 14.1. The number of hydrogen-bond donors (Lipinski definition) is 0. The highest BCUT2D eigenvalue weighted by molar-refractivity contribution is 5.55. The normalized spacial score (nSPS) is 32.6. The molecule has 152 valence electrons. The van der Waals surface area contributed by atoms with Gasteiger partial charge in [-0.15, -0.1) is 0 Å². The molecule has 29 heavy (non-hydrogen) atoms. The van der Waals surface area contributed by atoms with Crippen molar-refractivity contribution in [1.29, 1.82) is 0 Å². The summed E-state index contributed by atoms with van der Waals surface area (Å²) in [4.78, 5) is 5.38. The van der Waals surface area contributed by atoms with Crippen molar-refractivity contribution in [3.63, 3.8) is 0 Å². The fraction of sp³-hybridized carbons (Fsp3) is 0.538. The Kier molecular flexibility index (Phi) is 4.16. The van der Waals surface area contributed by atoms with Gasteiger partial charge in [0, 0.05) is 32.7 Å². The van der Waals surface area contributed by atoms with Gasteiger partial charge in [0.2, 0.25) is 0 Å². The van der Waals surface area contributed by atoms with E-state index in [-0.39, 0.29) is 0 Å². The predicted molar refractivity (Wildman–Crippen MR) is 116 cm³/mol. The third-order valence-corrected chi connectivity index (χ3v) is 8.02. The first-order valence-corrected chi connectivity index (χ1v) is 11.4. The molecule has 3 fully saturated rings. The molecule has 3 nitrogen and oxygen atoms in total. The van der Waals surface area contributed by atoms with Crippen molar-refractivity contribution in [2.75, 3.05) is 39.3 Å². The maximum Gasteiger partial charge on any atom is 0.0822 e. The van der Waals surface area contributed by atoms with Gasteiger partial charge in [0.05, 0.1) is 18.8 Å². The average Bonchev–Trinajstić information content (AvgIpc) is 3.65. The predicted octanol–water partition coefficient (Wildman–Crippen LogP) is 4.40. The van der Waals surface area contributed by atoms with Gasteiger partial charge >= 0.3 is 0 Å². The minimum absolute atomic E-state index is 0.362. The SMILES string of the molecule is CC1(C)C2c3ccccc3C(N3CCN(CCC4CO4)CC3)c3ccccc3C21. The van der Waals surface area contributed by atoms with E-state index in [0.717, 1.165) is 19.7 Å². The molecule has 2 aromatic rings. The van der Waals surface area contributed by atoms with E-state index in [1.165, 1.54) is 26.1 Å². The summed E-state index contributed by atoms with van der Waals surface area (Å²) in [5.74, 6) is 1.31. The molecule has 2 aromatic carbocycles. The highest BCUT2D eigenvalue weighted by Gasteiger charge is 2.61. The summed E-state index contributed by atoms with van der Waals surface area (Å²) < 4.78 is 5.40. The monoisotopic (exact) mass is 388 g/mol. The quantitative estimate of drug-likeness (QED) is 0.724. The van der Waals surface area contributed by atoms with Crippen LogP contribution in [-0.2, 0) is 4.74 Å². The first-order valence-electron chi connectivity index (χ1n) is 11.4. The Bertz CT molecular complexity index is 855. The summed E-state index contributed by atoms with van der Waals surface area (Å²) in [6.07, 6.45) is 1.75. The lowest BCUT2D eigenvalue weighted by Crippen LogP contribution is -2.48. The Morgan fingerprint density at radius 2 is 1.34 bits per heavy atom. The van der Waals surface area contributed by atoms with Crippen molar-refractivity contribution < 1.29 is 4.74 Å². The van der Waals surface area contributed by atoms with Gasteiger partial charge in [0.25, 0.3) is 0 Å². The average molecular weight is 389 g/mol. The van der Waals surface area contributed by atoms with Crippen molar-refractivity contribution in [2.45, 2.75) is 44.2 Å². The highest BCUT2D eigenvalue weighted by atomic mass is 16.6. The molecule has 0 spiro atoms. The fourth-order valence-corrected chi connectivity index (χ4v) is 6.25. The van der Waals surface area contributed by atoms with Gasteiger partial charge in [-0.25, -0.2) is 0 Å². The van der Waals surface area contributed by atoms with Crippen LogP contribution < -0.4 is 0 Å². The standard InChI is InChI=1S/C26H32N2O/c1-26(2)23-19-7-3-5-9-21(19)25(22-10-6-4-8-20(22)24(23)26)28-15-13-27(14-16-28)12-11-18-17-29-18/h3-10,18,23-25H,11-17H2,1-2H3. The Labute approximate surface area is 174 Å². The third kappa shape index (κ3) is 2.98. The van der Waals surface area contributed by atoms with E-state index in [0.29, 0.717) is 29.4 Å². The number of piperazine rings is 1. The van der Waals surface area contributed by atoms with E-state index in [1.54, 1.807) is 22.3 Å². The molecular formula is C26H32N2O. The Hall–Kier alpha value is -1.68. The zero-order chi connectivity index (χ0) is 19.6. The van der Waals surface area contributed by atoms with Gasteiger partial charge in [-0.3, -0.25) is 4.90 Å². The van der Waals surface area contributed by atoms with Gasteiger partial charge in [0.15, 0.2) is 0 Å². The van der Waals surface area contributed by atoms with Crippen LogP contribution in [0.1, 0.15) is 60.4 Å². The number of ether oxygens (including phenoxy) is 1. The van der Waals surface area contributed by atoms with Gasteiger partial charge < -0.3 is 9.64 Å². The van der Waals surface area contributed by atoms with E-state index >= 15 is 0 Å². The topological polar surface area (TPSA) is 19.0 Å². The van der Waals surface area contributed by atoms with Crippen LogP contribution in [0, 0.1) is 5.41 Å². The van der Waals surface area contributed by atoms with E-state index in [4.69, 9.17) is 4.74 Å². The Balaban J connectivity index is 1.33. The summed E-state index contributed by atoms with van der Waals surface area (Å²) in [6, 6.07) is 19.0. The molecular weight excluding hydrogens is 356 g/mol. The van der Waals surface area contributed by atoms with Crippen molar-refractivity contribution >= 4 is 0 Å². The van der Waals surface area contributed by atoms with Gasteiger partial charge in [-0.05, 0) is 45.9 Å². The van der Waals surface area contributed by atoms with E-state index in [2.05, 4.69) is 72.2 Å². The minimum atomic E-state index is 0.362. The number of rotatable bonds is 4. The lowest BCUT2D eigenvalue weighted by Gasteiger charge is -2.40. The highest BCUT2D eigenvalue weighted by Crippen LogP contribution is 2.72. The minimum Gasteiger partial charge on any atom is -0.373 e. The second-order valence-corrected chi connectivity index (χ2v) is 10.1. The van der Waals surface area contributed by atoms with Gasteiger partial charge in [-0.2, -0.15) is 0 Å². The third-order valence-electron chi connectivity index (χ3n) is 8.02. The molecule has 0 radical (unpaired) electrons. The van der Waals surface area contributed by atoms with Crippen LogP contribution in [0.15, 0.2) is 48.5 Å². The molecule has 0 bridgehead atoms. The van der Waals surface area contributed by atoms with E-state index in [9.17, 15) is 0 Å². The molecule has 3 atom stereocenters. The van der Waals surface area contributed by atoms with Gasteiger partial charge in [0.1, 0.15) is 0 Å². The summed E-state index contributed by atoms with van der Waals surface area (Å²) in [5.41, 5.74) is 6.66. The second-order valence-electron chi connectivity index (χ2n) is 10.1. The summed E-state index contributed by atoms with van der Waals surface area (Å²) >= 11 is 0. The summed E-state index contributed by atoms with van der Waals surface area (Å²) in [7, 11) is 0. The number of fused-ring (bicyclic) bond motifs is 5. The molecule has 2 aliphatic carbocycles. The summed E-state index contributed by atoms with van der Waals surface area (Å²) in [5, 5.41) is 0. The van der Waals surface area contributed by atoms with Crippen LogP contribution >= 0.6 is 0 Å². The molecule has 6 rings (SSSR count). The smallest absolute Gasteiger partial charge is 0.0822 e. The fourth-order valence-electron chi connectivity index (χ4n) is 6.25.